The highest BCUT2D eigenvalue weighted by Gasteiger charge is 2.66. The van der Waals surface area contributed by atoms with Crippen molar-refractivity contribution in [1.82, 2.24) is 19.7 Å². The van der Waals surface area contributed by atoms with Crippen molar-refractivity contribution in [2.24, 2.45) is 11.7 Å². The van der Waals surface area contributed by atoms with E-state index >= 15 is 0 Å². The number of amides is 2. The molecular weight excluding hydrogens is 370 g/mol. The molecule has 1 aliphatic carbocycles. The highest BCUT2D eigenvalue weighted by Crippen LogP contribution is 2.50. The monoisotopic (exact) mass is 387 g/mol. The summed E-state index contributed by atoms with van der Waals surface area (Å²) in [6, 6.07) is 10.7. The minimum atomic E-state index is -1.63. The van der Waals surface area contributed by atoms with Crippen molar-refractivity contribution in [2.75, 3.05) is 7.05 Å². The van der Waals surface area contributed by atoms with Gasteiger partial charge >= 0.3 is 0 Å². The van der Waals surface area contributed by atoms with Crippen molar-refractivity contribution < 1.29 is 14.7 Å². The molecule has 3 atom stereocenters. The molecule has 2 aliphatic rings. The first-order valence-corrected chi connectivity index (χ1v) is 9.17. The van der Waals surface area contributed by atoms with Crippen LogP contribution in [0.3, 0.4) is 0 Å². The molecule has 0 radical (unpaired) electrons. The van der Waals surface area contributed by atoms with E-state index in [-0.39, 0.29) is 23.6 Å². The molecule has 3 aromatic rings. The smallest absolute Gasteiger partial charge is 0.269 e. The summed E-state index contributed by atoms with van der Waals surface area (Å²) in [4.78, 5) is 29.9. The zero-order chi connectivity index (χ0) is 20.3. The van der Waals surface area contributed by atoms with Crippen molar-refractivity contribution in [1.29, 1.82) is 0 Å². The molecule has 2 fully saturated rings. The van der Waals surface area contributed by atoms with E-state index in [2.05, 4.69) is 21.9 Å². The van der Waals surface area contributed by atoms with Crippen LogP contribution in [0.4, 0.5) is 0 Å². The predicted molar refractivity (Wildman–Crippen MR) is 104 cm³/mol. The molecule has 1 saturated carbocycles. The van der Waals surface area contributed by atoms with Crippen LogP contribution < -0.4 is 5.73 Å². The third kappa shape index (κ3) is 2.52. The van der Waals surface area contributed by atoms with Crippen LogP contribution in [0, 0.1) is 17.8 Å². The standard InChI is InChI=1S/C21H17N5O3/c1-25-16-11-15(16)21(29,20(25)28)8-7-12-4-2-5-13(10-12)26-19-14(6-3-9-23-19)17(24-26)18(22)27/h2-6,9-10,15-16,29H,11H2,1H3,(H2,22,27)/t15-,16+,21-/m0/s1. The van der Waals surface area contributed by atoms with E-state index in [9.17, 15) is 14.7 Å². The van der Waals surface area contributed by atoms with Gasteiger partial charge in [0.2, 0.25) is 5.60 Å². The lowest BCUT2D eigenvalue weighted by Crippen LogP contribution is -2.41. The van der Waals surface area contributed by atoms with Gasteiger partial charge in [0.05, 0.1) is 11.1 Å². The maximum absolute atomic E-state index is 12.3. The number of likely N-dealkylation sites (N-methyl/N-ethyl adjacent to an activating group) is 1. The second kappa shape index (κ2) is 5.90. The lowest BCUT2D eigenvalue weighted by Gasteiger charge is -2.18. The number of carbonyl (C=O) groups excluding carboxylic acids is 2. The van der Waals surface area contributed by atoms with Gasteiger partial charge in [-0.1, -0.05) is 17.9 Å². The highest BCUT2D eigenvalue weighted by molar-refractivity contribution is 6.03. The molecule has 1 aromatic carbocycles. The second-order valence-corrected chi connectivity index (χ2v) is 7.39. The van der Waals surface area contributed by atoms with Crippen LogP contribution in [0.1, 0.15) is 22.5 Å². The van der Waals surface area contributed by atoms with Gasteiger partial charge in [0, 0.05) is 30.8 Å². The fourth-order valence-corrected chi connectivity index (χ4v) is 3.98. The Hall–Kier alpha value is -3.70. The van der Waals surface area contributed by atoms with Gasteiger partial charge < -0.3 is 15.7 Å². The molecule has 8 nitrogen and oxygen atoms in total. The Bertz CT molecular complexity index is 1250. The maximum Gasteiger partial charge on any atom is 0.269 e. The minimum absolute atomic E-state index is 0.0851. The largest absolute Gasteiger partial charge is 0.369 e. The topological polar surface area (TPSA) is 114 Å². The summed E-state index contributed by atoms with van der Waals surface area (Å²) in [5.41, 5.74) is 5.70. The number of benzene rings is 1. The first kappa shape index (κ1) is 17.4. The number of pyridine rings is 1. The number of hydrogen-bond acceptors (Lipinski definition) is 5. The zero-order valence-electron chi connectivity index (χ0n) is 15.5. The van der Waals surface area contributed by atoms with Gasteiger partial charge in [-0.2, -0.15) is 5.10 Å². The molecule has 1 saturated heterocycles. The van der Waals surface area contributed by atoms with E-state index in [1.54, 1.807) is 54.5 Å². The normalized spacial score (nSPS) is 24.9. The number of likely N-dealkylation sites (tertiary alicyclic amines) is 1. The molecule has 8 heteroatoms. The quantitative estimate of drug-likeness (QED) is 0.620. The van der Waals surface area contributed by atoms with E-state index in [1.165, 1.54) is 4.68 Å². The van der Waals surface area contributed by atoms with Crippen LogP contribution in [0.15, 0.2) is 42.6 Å². The van der Waals surface area contributed by atoms with Crippen molar-refractivity contribution >= 4 is 22.8 Å². The highest BCUT2D eigenvalue weighted by atomic mass is 16.3. The SMILES string of the molecule is CN1C(=O)[C@](O)(C#Cc2cccc(-n3nc(C(N)=O)c4cccnc43)c2)[C@H]2C[C@H]21. The number of piperidine rings is 1. The van der Waals surface area contributed by atoms with E-state index in [0.29, 0.717) is 22.3 Å². The molecule has 29 heavy (non-hydrogen) atoms. The van der Waals surface area contributed by atoms with Gasteiger partial charge in [-0.15, -0.1) is 0 Å². The average molecular weight is 387 g/mol. The molecule has 2 amide bonds. The Kier molecular flexibility index (Phi) is 3.54. The molecule has 0 unspecified atom stereocenters. The van der Waals surface area contributed by atoms with Crippen molar-refractivity contribution in [3.63, 3.8) is 0 Å². The lowest BCUT2D eigenvalue weighted by molar-refractivity contribution is -0.140. The third-order valence-electron chi connectivity index (χ3n) is 5.60. The van der Waals surface area contributed by atoms with Crippen LogP contribution in [0.25, 0.3) is 16.7 Å². The van der Waals surface area contributed by atoms with Crippen molar-refractivity contribution in [3.8, 4) is 17.5 Å². The van der Waals surface area contributed by atoms with E-state index in [4.69, 9.17) is 5.73 Å². The number of aromatic nitrogens is 3. The summed E-state index contributed by atoms with van der Waals surface area (Å²) < 4.78 is 1.53. The fraction of sp³-hybridized carbons (Fsp3) is 0.238. The number of aliphatic hydroxyl groups is 1. The van der Waals surface area contributed by atoms with Gasteiger partial charge in [-0.05, 0) is 36.8 Å². The van der Waals surface area contributed by atoms with Crippen LogP contribution in [-0.2, 0) is 4.79 Å². The number of nitrogens with zero attached hydrogens (tertiary/aromatic N) is 4. The van der Waals surface area contributed by atoms with Crippen molar-refractivity contribution in [2.45, 2.75) is 18.1 Å². The molecule has 3 heterocycles. The Balaban J connectivity index is 1.55. The molecule has 144 valence electrons. The van der Waals surface area contributed by atoms with Crippen molar-refractivity contribution in [3.05, 3.63) is 53.9 Å². The Morgan fingerprint density at radius 2 is 2.17 bits per heavy atom. The lowest BCUT2D eigenvalue weighted by atomic mass is 9.99. The summed E-state index contributed by atoms with van der Waals surface area (Å²) in [5.74, 6) is 4.58. The average Bonchev–Trinajstić information content (AvgIpc) is 3.40. The molecule has 2 aromatic heterocycles. The molecule has 1 aliphatic heterocycles. The van der Waals surface area contributed by atoms with E-state index in [0.717, 1.165) is 6.42 Å². The number of fused-ring (bicyclic) bond motifs is 2. The van der Waals surface area contributed by atoms with Gasteiger partial charge in [-0.25, -0.2) is 9.67 Å². The summed E-state index contributed by atoms with van der Waals surface area (Å²) in [5, 5.41) is 15.6. The zero-order valence-corrected chi connectivity index (χ0v) is 15.5. The van der Waals surface area contributed by atoms with Crippen LogP contribution >= 0.6 is 0 Å². The summed E-state index contributed by atoms with van der Waals surface area (Å²) in [6.07, 6.45) is 2.38. The molecule has 0 spiro atoms. The molecular formula is C21H17N5O3. The Morgan fingerprint density at radius 1 is 1.34 bits per heavy atom. The van der Waals surface area contributed by atoms with E-state index < -0.39 is 11.5 Å². The number of carbonyl (C=O) groups is 2. The summed E-state index contributed by atoms with van der Waals surface area (Å²) in [7, 11) is 1.69. The second-order valence-electron chi connectivity index (χ2n) is 7.39. The molecule has 3 N–H and O–H groups in total. The minimum Gasteiger partial charge on any atom is -0.369 e. The maximum atomic E-state index is 12.3. The predicted octanol–water partition coefficient (Wildman–Crippen LogP) is 0.462. The number of nitrogens with two attached hydrogens (primary N) is 1. The summed E-state index contributed by atoms with van der Waals surface area (Å²) in [6.45, 7) is 0. The first-order valence-electron chi connectivity index (χ1n) is 9.17. The fourth-order valence-electron chi connectivity index (χ4n) is 3.98. The van der Waals surface area contributed by atoms with Gasteiger partial charge in [-0.3, -0.25) is 9.59 Å². The Morgan fingerprint density at radius 3 is 2.90 bits per heavy atom. The van der Waals surface area contributed by atoms with Crippen LogP contribution in [0.2, 0.25) is 0 Å². The first-order chi connectivity index (χ1) is 13.9. The molecule has 5 rings (SSSR count). The molecule has 0 bridgehead atoms. The van der Waals surface area contributed by atoms with Gasteiger partial charge in [0.15, 0.2) is 11.3 Å². The van der Waals surface area contributed by atoms with Crippen LogP contribution in [-0.4, -0.2) is 55.3 Å². The number of rotatable bonds is 2. The number of primary amides is 1. The van der Waals surface area contributed by atoms with E-state index in [1.807, 2.05) is 0 Å². The van der Waals surface area contributed by atoms with Crippen LogP contribution in [0.5, 0.6) is 0 Å². The number of hydrogen-bond donors (Lipinski definition) is 2. The Labute approximate surface area is 165 Å². The third-order valence-corrected chi connectivity index (χ3v) is 5.60. The van der Waals surface area contributed by atoms with Gasteiger partial charge in [0.25, 0.3) is 11.8 Å². The van der Waals surface area contributed by atoms with Gasteiger partial charge in [0.1, 0.15) is 0 Å². The summed E-state index contributed by atoms with van der Waals surface area (Å²) >= 11 is 0.